The third-order valence-corrected chi connectivity index (χ3v) is 2.81. The van der Waals surface area contributed by atoms with Crippen LogP contribution in [0.5, 0.6) is 5.75 Å². The van der Waals surface area contributed by atoms with Crippen LogP contribution in [0.2, 0.25) is 0 Å². The molecule has 0 saturated heterocycles. The van der Waals surface area contributed by atoms with Gasteiger partial charge in [-0.25, -0.2) is 14.1 Å². The topological polar surface area (TPSA) is 39.9 Å². The summed E-state index contributed by atoms with van der Waals surface area (Å²) in [6, 6.07) is 4.67. The normalized spacial score (nSPS) is 10.6. The predicted molar refractivity (Wildman–Crippen MR) is 66.0 cm³/mol. The number of nitrogens with zero attached hydrogens (tertiary/aromatic N) is 3. The molecule has 2 rings (SSSR count). The van der Waals surface area contributed by atoms with E-state index in [1.54, 1.807) is 16.8 Å². The Morgan fingerprint density at radius 2 is 2.28 bits per heavy atom. The number of aromatic nitrogens is 3. The molecular formula is C12H13ClFN3O. The molecule has 0 aliphatic carbocycles. The van der Waals surface area contributed by atoms with Crippen molar-refractivity contribution in [2.24, 2.45) is 0 Å². The molecule has 96 valence electrons. The van der Waals surface area contributed by atoms with Gasteiger partial charge in [0.05, 0.1) is 0 Å². The lowest BCUT2D eigenvalue weighted by Gasteiger charge is -2.08. The summed E-state index contributed by atoms with van der Waals surface area (Å²) in [7, 11) is 0. The van der Waals surface area contributed by atoms with Crippen molar-refractivity contribution in [3.8, 4) is 5.75 Å². The van der Waals surface area contributed by atoms with Gasteiger partial charge < -0.3 is 4.74 Å². The van der Waals surface area contributed by atoms with Crippen molar-refractivity contribution < 1.29 is 9.13 Å². The van der Waals surface area contributed by atoms with Gasteiger partial charge in [0.25, 0.3) is 0 Å². The van der Waals surface area contributed by atoms with Crippen LogP contribution in [0.3, 0.4) is 0 Å². The molecule has 0 atom stereocenters. The molecule has 1 heterocycles. The average molecular weight is 270 g/mol. The van der Waals surface area contributed by atoms with E-state index in [4.69, 9.17) is 16.3 Å². The number of alkyl halides is 1. The SMILES string of the molecule is CCn1ncnc1COc1ccc(CCl)cc1F. The van der Waals surface area contributed by atoms with Crippen LogP contribution in [0.15, 0.2) is 24.5 Å². The number of rotatable bonds is 5. The van der Waals surface area contributed by atoms with Crippen LogP contribution in [-0.2, 0) is 19.0 Å². The van der Waals surface area contributed by atoms with E-state index in [0.29, 0.717) is 12.4 Å². The van der Waals surface area contributed by atoms with E-state index in [2.05, 4.69) is 10.1 Å². The van der Waals surface area contributed by atoms with Crippen molar-refractivity contribution in [1.82, 2.24) is 14.8 Å². The fourth-order valence-corrected chi connectivity index (χ4v) is 1.72. The molecule has 0 spiro atoms. The smallest absolute Gasteiger partial charge is 0.165 e. The van der Waals surface area contributed by atoms with Crippen LogP contribution in [0.1, 0.15) is 18.3 Å². The molecule has 0 radical (unpaired) electrons. The first-order valence-corrected chi connectivity index (χ1v) is 6.12. The van der Waals surface area contributed by atoms with Crippen LogP contribution in [0.4, 0.5) is 4.39 Å². The summed E-state index contributed by atoms with van der Waals surface area (Å²) >= 11 is 5.62. The molecule has 0 aliphatic heterocycles. The van der Waals surface area contributed by atoms with Crippen LogP contribution < -0.4 is 4.74 Å². The van der Waals surface area contributed by atoms with E-state index < -0.39 is 5.82 Å². The zero-order chi connectivity index (χ0) is 13.0. The monoisotopic (exact) mass is 269 g/mol. The third-order valence-electron chi connectivity index (χ3n) is 2.50. The van der Waals surface area contributed by atoms with E-state index in [1.807, 2.05) is 6.92 Å². The molecule has 1 aromatic heterocycles. The van der Waals surface area contributed by atoms with Crippen molar-refractivity contribution >= 4 is 11.6 Å². The summed E-state index contributed by atoms with van der Waals surface area (Å²) in [6.07, 6.45) is 1.45. The summed E-state index contributed by atoms with van der Waals surface area (Å²) in [4.78, 5) is 4.05. The Kier molecular flexibility index (Phi) is 4.15. The van der Waals surface area contributed by atoms with Gasteiger partial charge >= 0.3 is 0 Å². The lowest BCUT2D eigenvalue weighted by atomic mass is 10.2. The zero-order valence-electron chi connectivity index (χ0n) is 9.94. The number of benzene rings is 1. The summed E-state index contributed by atoms with van der Waals surface area (Å²) in [5.74, 6) is 0.713. The van der Waals surface area contributed by atoms with Crippen molar-refractivity contribution in [1.29, 1.82) is 0 Å². The van der Waals surface area contributed by atoms with Crippen molar-refractivity contribution in [2.75, 3.05) is 0 Å². The first-order valence-electron chi connectivity index (χ1n) is 5.58. The second kappa shape index (κ2) is 5.82. The van der Waals surface area contributed by atoms with Crippen LogP contribution >= 0.6 is 11.6 Å². The number of aryl methyl sites for hydroxylation is 1. The molecule has 0 fully saturated rings. The Morgan fingerprint density at radius 1 is 1.44 bits per heavy atom. The van der Waals surface area contributed by atoms with Gasteiger partial charge in [0, 0.05) is 12.4 Å². The van der Waals surface area contributed by atoms with Crippen LogP contribution in [0.25, 0.3) is 0 Å². The molecule has 0 amide bonds. The molecule has 18 heavy (non-hydrogen) atoms. The molecule has 1 aromatic carbocycles. The Bertz CT molecular complexity index is 530. The highest BCUT2D eigenvalue weighted by Gasteiger charge is 2.07. The summed E-state index contributed by atoms with van der Waals surface area (Å²) in [6.45, 7) is 2.84. The van der Waals surface area contributed by atoms with E-state index in [1.165, 1.54) is 12.4 Å². The third kappa shape index (κ3) is 2.79. The zero-order valence-corrected chi connectivity index (χ0v) is 10.7. The fraction of sp³-hybridized carbons (Fsp3) is 0.333. The lowest BCUT2D eigenvalue weighted by molar-refractivity contribution is 0.273. The molecule has 0 aliphatic rings. The number of hydrogen-bond donors (Lipinski definition) is 0. The largest absolute Gasteiger partial charge is 0.483 e. The minimum Gasteiger partial charge on any atom is -0.483 e. The van der Waals surface area contributed by atoms with Gasteiger partial charge in [0.15, 0.2) is 17.4 Å². The van der Waals surface area contributed by atoms with Gasteiger partial charge in [0.2, 0.25) is 0 Å². The molecule has 0 bridgehead atoms. The van der Waals surface area contributed by atoms with Gasteiger partial charge in [-0.2, -0.15) is 5.10 Å². The highest BCUT2D eigenvalue weighted by atomic mass is 35.5. The molecule has 0 unspecified atom stereocenters. The molecule has 6 heteroatoms. The van der Waals surface area contributed by atoms with Crippen molar-refractivity contribution in [2.45, 2.75) is 26.0 Å². The van der Waals surface area contributed by atoms with Gasteiger partial charge in [-0.3, -0.25) is 0 Å². The van der Waals surface area contributed by atoms with E-state index in [0.717, 1.165) is 5.56 Å². The molecule has 0 N–H and O–H groups in total. The fourth-order valence-electron chi connectivity index (χ4n) is 1.55. The van der Waals surface area contributed by atoms with Gasteiger partial charge in [0.1, 0.15) is 12.9 Å². The Morgan fingerprint density at radius 3 is 2.94 bits per heavy atom. The lowest BCUT2D eigenvalue weighted by Crippen LogP contribution is -2.07. The molecule has 2 aromatic rings. The Balaban J connectivity index is 2.06. The quantitative estimate of drug-likeness (QED) is 0.784. The van der Waals surface area contributed by atoms with Gasteiger partial charge in [-0.1, -0.05) is 6.07 Å². The minimum atomic E-state index is -0.421. The van der Waals surface area contributed by atoms with Crippen molar-refractivity contribution in [3.63, 3.8) is 0 Å². The Hall–Kier alpha value is -1.62. The number of hydrogen-bond acceptors (Lipinski definition) is 3. The summed E-state index contributed by atoms with van der Waals surface area (Å²) in [5, 5.41) is 4.01. The van der Waals surface area contributed by atoms with Gasteiger partial charge in [-0.15, -0.1) is 11.6 Å². The van der Waals surface area contributed by atoms with E-state index >= 15 is 0 Å². The number of ether oxygens (including phenoxy) is 1. The maximum atomic E-state index is 13.6. The first kappa shape index (κ1) is 12.8. The second-order valence-electron chi connectivity index (χ2n) is 3.68. The first-order chi connectivity index (χ1) is 8.74. The maximum Gasteiger partial charge on any atom is 0.165 e. The van der Waals surface area contributed by atoms with E-state index in [-0.39, 0.29) is 18.2 Å². The Labute approximate surface area is 109 Å². The van der Waals surface area contributed by atoms with E-state index in [9.17, 15) is 4.39 Å². The second-order valence-corrected chi connectivity index (χ2v) is 3.95. The van der Waals surface area contributed by atoms with Crippen LogP contribution in [-0.4, -0.2) is 14.8 Å². The minimum absolute atomic E-state index is 0.185. The number of halogens is 2. The highest BCUT2D eigenvalue weighted by molar-refractivity contribution is 6.17. The molecule has 4 nitrogen and oxygen atoms in total. The average Bonchev–Trinajstić information content (AvgIpc) is 2.84. The highest BCUT2D eigenvalue weighted by Crippen LogP contribution is 2.20. The summed E-state index contributed by atoms with van der Waals surface area (Å²) < 4.78 is 20.7. The maximum absolute atomic E-state index is 13.6. The van der Waals surface area contributed by atoms with Gasteiger partial charge in [-0.05, 0) is 24.6 Å². The predicted octanol–water partition coefficient (Wildman–Crippen LogP) is 2.75. The van der Waals surface area contributed by atoms with Crippen molar-refractivity contribution in [3.05, 3.63) is 41.7 Å². The van der Waals surface area contributed by atoms with Crippen LogP contribution in [0, 0.1) is 5.82 Å². The molecule has 0 saturated carbocycles. The molecular weight excluding hydrogens is 257 g/mol. The standard InChI is InChI=1S/C12H13ClFN3O/c1-2-17-12(15-8-16-17)7-18-11-4-3-9(6-13)5-10(11)14/h3-5,8H,2,6-7H2,1H3. The summed E-state index contributed by atoms with van der Waals surface area (Å²) in [5.41, 5.74) is 0.721.